The second kappa shape index (κ2) is 7.56. The van der Waals surface area contributed by atoms with Crippen LogP contribution in [0, 0.1) is 0 Å². The maximum absolute atomic E-state index is 12.1. The SMILES string of the molecule is COC(=O)c1nnn(-c2nonc2N)c1CN1CCN(c2ncccn2)CC1. The Bertz CT molecular complexity index is 948. The Morgan fingerprint density at radius 3 is 2.61 bits per heavy atom. The van der Waals surface area contributed by atoms with E-state index >= 15 is 0 Å². The first kappa shape index (κ1) is 17.8. The second-order valence-corrected chi connectivity index (χ2v) is 6.07. The molecular weight excluding hydrogens is 368 g/mol. The Hall–Kier alpha value is -3.61. The van der Waals surface area contributed by atoms with Crippen LogP contribution in [0.4, 0.5) is 11.8 Å². The average molecular weight is 386 g/mol. The van der Waals surface area contributed by atoms with E-state index in [-0.39, 0.29) is 17.3 Å². The van der Waals surface area contributed by atoms with Crippen molar-refractivity contribution in [2.75, 3.05) is 43.9 Å². The molecule has 3 aromatic heterocycles. The van der Waals surface area contributed by atoms with Crippen LogP contribution >= 0.6 is 0 Å². The smallest absolute Gasteiger partial charge is 0.360 e. The summed E-state index contributed by atoms with van der Waals surface area (Å²) in [6, 6.07) is 1.78. The summed E-state index contributed by atoms with van der Waals surface area (Å²) in [5, 5.41) is 15.2. The van der Waals surface area contributed by atoms with Gasteiger partial charge in [-0.05, 0) is 16.4 Å². The molecule has 0 aromatic carbocycles. The number of hydrogen-bond donors (Lipinski definition) is 1. The Morgan fingerprint density at radius 2 is 1.96 bits per heavy atom. The lowest BCUT2D eigenvalue weighted by atomic mass is 10.2. The maximum atomic E-state index is 12.1. The topological polar surface area (TPSA) is 154 Å². The first-order valence-electron chi connectivity index (χ1n) is 8.53. The summed E-state index contributed by atoms with van der Waals surface area (Å²) in [6.07, 6.45) is 3.44. The van der Waals surface area contributed by atoms with E-state index in [0.717, 1.165) is 26.2 Å². The van der Waals surface area contributed by atoms with Gasteiger partial charge in [0, 0.05) is 45.1 Å². The van der Waals surface area contributed by atoms with E-state index in [9.17, 15) is 4.79 Å². The standard InChI is InChI=1S/C15H18N10O3/c1-27-14(26)11-10(25(22-19-11)13-12(16)20-28-21-13)9-23-5-7-24(8-6-23)15-17-3-2-4-18-15/h2-4H,5-9H2,1H3,(H2,16,20). The van der Waals surface area contributed by atoms with Gasteiger partial charge < -0.3 is 15.4 Å². The van der Waals surface area contributed by atoms with Crippen molar-refractivity contribution in [2.45, 2.75) is 6.54 Å². The van der Waals surface area contributed by atoms with Crippen LogP contribution in [-0.2, 0) is 11.3 Å². The minimum Gasteiger partial charge on any atom is -0.464 e. The van der Waals surface area contributed by atoms with Crippen LogP contribution in [0.25, 0.3) is 5.82 Å². The number of methoxy groups -OCH3 is 1. The van der Waals surface area contributed by atoms with E-state index < -0.39 is 5.97 Å². The molecule has 3 aromatic rings. The van der Waals surface area contributed by atoms with Crippen LogP contribution < -0.4 is 10.6 Å². The highest BCUT2D eigenvalue weighted by atomic mass is 16.6. The zero-order valence-electron chi connectivity index (χ0n) is 15.1. The number of rotatable bonds is 5. The number of aromatic nitrogens is 7. The lowest BCUT2D eigenvalue weighted by Crippen LogP contribution is -2.46. The van der Waals surface area contributed by atoms with Gasteiger partial charge in [-0.15, -0.1) is 5.10 Å². The molecular formula is C15H18N10O3. The van der Waals surface area contributed by atoms with Crippen LogP contribution in [0.15, 0.2) is 23.1 Å². The van der Waals surface area contributed by atoms with Crippen molar-refractivity contribution >= 4 is 17.7 Å². The molecule has 0 saturated carbocycles. The Balaban J connectivity index is 1.54. The molecule has 0 atom stereocenters. The molecule has 13 heteroatoms. The number of nitrogens with zero attached hydrogens (tertiary/aromatic N) is 9. The van der Waals surface area contributed by atoms with E-state index in [2.05, 4.69) is 45.0 Å². The third-order valence-corrected chi connectivity index (χ3v) is 4.42. The van der Waals surface area contributed by atoms with Gasteiger partial charge >= 0.3 is 5.97 Å². The van der Waals surface area contributed by atoms with Crippen LogP contribution in [0.1, 0.15) is 16.2 Å². The number of hydrogen-bond acceptors (Lipinski definition) is 12. The van der Waals surface area contributed by atoms with Crippen molar-refractivity contribution < 1.29 is 14.2 Å². The summed E-state index contributed by atoms with van der Waals surface area (Å²) < 4.78 is 10.8. The predicted octanol–water partition coefficient (Wildman–Crippen LogP) is -0.869. The number of piperazine rings is 1. The molecule has 0 spiro atoms. The third kappa shape index (κ3) is 3.34. The molecule has 1 saturated heterocycles. The minimum absolute atomic E-state index is 0.0496. The second-order valence-electron chi connectivity index (χ2n) is 6.07. The monoisotopic (exact) mass is 386 g/mol. The summed E-state index contributed by atoms with van der Waals surface area (Å²) in [5.74, 6) is 0.334. The van der Waals surface area contributed by atoms with Crippen molar-refractivity contribution in [1.82, 2.24) is 40.2 Å². The molecule has 0 aliphatic carbocycles. The largest absolute Gasteiger partial charge is 0.464 e. The van der Waals surface area contributed by atoms with Gasteiger partial charge in [-0.3, -0.25) is 4.90 Å². The predicted molar refractivity (Wildman–Crippen MR) is 94.5 cm³/mol. The number of ether oxygens (including phenoxy) is 1. The van der Waals surface area contributed by atoms with Gasteiger partial charge in [0.15, 0.2) is 5.69 Å². The molecule has 2 N–H and O–H groups in total. The molecule has 13 nitrogen and oxygen atoms in total. The summed E-state index contributed by atoms with van der Waals surface area (Å²) in [5.41, 5.74) is 6.36. The number of nitrogens with two attached hydrogens (primary N) is 1. The van der Waals surface area contributed by atoms with E-state index in [1.54, 1.807) is 18.5 Å². The molecule has 4 heterocycles. The highest BCUT2D eigenvalue weighted by molar-refractivity contribution is 5.88. The van der Waals surface area contributed by atoms with E-state index in [1.807, 2.05) is 0 Å². The fraction of sp³-hybridized carbons (Fsp3) is 0.400. The molecule has 0 amide bonds. The van der Waals surface area contributed by atoms with Crippen LogP contribution in [0.2, 0.25) is 0 Å². The highest BCUT2D eigenvalue weighted by Gasteiger charge is 2.27. The van der Waals surface area contributed by atoms with Crippen LogP contribution in [0.5, 0.6) is 0 Å². The zero-order valence-corrected chi connectivity index (χ0v) is 15.1. The molecule has 4 rings (SSSR count). The van der Waals surface area contributed by atoms with Gasteiger partial charge in [0.25, 0.3) is 0 Å². The van der Waals surface area contributed by atoms with Gasteiger partial charge in [0.05, 0.1) is 12.8 Å². The van der Waals surface area contributed by atoms with Crippen LogP contribution in [-0.4, -0.2) is 79.4 Å². The highest BCUT2D eigenvalue weighted by Crippen LogP contribution is 2.19. The Morgan fingerprint density at radius 1 is 1.21 bits per heavy atom. The molecule has 1 aliphatic rings. The quantitative estimate of drug-likeness (QED) is 0.542. The summed E-state index contributed by atoms with van der Waals surface area (Å²) >= 11 is 0. The van der Waals surface area contributed by atoms with Gasteiger partial charge in [-0.2, -0.15) is 4.68 Å². The molecule has 1 aliphatic heterocycles. The van der Waals surface area contributed by atoms with Crippen molar-refractivity contribution in [3.05, 3.63) is 29.8 Å². The lowest BCUT2D eigenvalue weighted by Gasteiger charge is -2.34. The number of carbonyl (C=O) groups is 1. The molecule has 28 heavy (non-hydrogen) atoms. The lowest BCUT2D eigenvalue weighted by molar-refractivity contribution is 0.0591. The molecule has 1 fully saturated rings. The molecule has 0 unspecified atom stereocenters. The van der Waals surface area contributed by atoms with E-state index in [4.69, 9.17) is 10.5 Å². The normalized spacial score (nSPS) is 15.0. The fourth-order valence-electron chi connectivity index (χ4n) is 2.98. The maximum Gasteiger partial charge on any atom is 0.360 e. The van der Waals surface area contributed by atoms with E-state index in [1.165, 1.54) is 11.8 Å². The summed E-state index contributed by atoms with van der Waals surface area (Å²) in [4.78, 5) is 24.9. The fourth-order valence-corrected chi connectivity index (χ4v) is 2.98. The number of anilines is 2. The van der Waals surface area contributed by atoms with Gasteiger partial charge in [0.1, 0.15) is 0 Å². The number of nitrogen functional groups attached to an aromatic ring is 1. The van der Waals surface area contributed by atoms with Crippen molar-refractivity contribution in [2.24, 2.45) is 0 Å². The van der Waals surface area contributed by atoms with Crippen LogP contribution in [0.3, 0.4) is 0 Å². The third-order valence-electron chi connectivity index (χ3n) is 4.42. The molecule has 0 radical (unpaired) electrons. The summed E-state index contributed by atoms with van der Waals surface area (Å²) in [6.45, 7) is 3.35. The molecule has 0 bridgehead atoms. The Kier molecular flexibility index (Phi) is 4.80. The Labute approximate surface area is 159 Å². The van der Waals surface area contributed by atoms with Crippen molar-refractivity contribution in [1.29, 1.82) is 0 Å². The van der Waals surface area contributed by atoms with Gasteiger partial charge in [-0.1, -0.05) is 5.21 Å². The molecule has 146 valence electrons. The average Bonchev–Trinajstić information content (AvgIpc) is 3.34. The van der Waals surface area contributed by atoms with Gasteiger partial charge in [0.2, 0.25) is 17.6 Å². The first-order chi connectivity index (χ1) is 13.7. The number of carbonyl (C=O) groups excluding carboxylic acids is 1. The van der Waals surface area contributed by atoms with Crippen molar-refractivity contribution in [3.8, 4) is 5.82 Å². The van der Waals surface area contributed by atoms with Gasteiger partial charge in [-0.25, -0.2) is 19.4 Å². The minimum atomic E-state index is -0.590. The summed E-state index contributed by atoms with van der Waals surface area (Å²) in [7, 11) is 1.29. The van der Waals surface area contributed by atoms with E-state index in [0.29, 0.717) is 18.2 Å². The number of esters is 1. The first-order valence-corrected chi connectivity index (χ1v) is 8.53. The van der Waals surface area contributed by atoms with Crippen molar-refractivity contribution in [3.63, 3.8) is 0 Å². The zero-order chi connectivity index (χ0) is 19.5.